The number of rotatable bonds is 7. The molecule has 21 heteroatoms. The Hall–Kier alpha value is -3.46. The molecule has 0 amide bonds. The number of aliphatic hydroxyl groups is 1. The Kier molecular flexibility index (Phi) is 10.2. The lowest BCUT2D eigenvalue weighted by molar-refractivity contribution is -0.382. The fourth-order valence-corrected chi connectivity index (χ4v) is 4.04. The molecule has 0 radical (unpaired) electrons. The Balaban J connectivity index is 0.000000332. The molecule has 43 heavy (non-hydrogen) atoms. The molecule has 5 atom stereocenters. The normalized spacial score (nSPS) is 22.3. The summed E-state index contributed by atoms with van der Waals surface area (Å²) >= 11 is 0. The average molecular weight is 662 g/mol. The molecule has 2 heterocycles. The first kappa shape index (κ1) is 35.7. The van der Waals surface area contributed by atoms with Crippen LogP contribution < -0.4 is 11.2 Å². The van der Waals surface area contributed by atoms with Crippen LogP contribution in [0.2, 0.25) is 0 Å². The molecule has 1 fully saturated rings. The Morgan fingerprint density at radius 3 is 2.00 bits per heavy atom. The number of benzene rings is 1. The summed E-state index contributed by atoms with van der Waals surface area (Å²) in [6, 6.07) is 9.73. The third kappa shape index (κ3) is 7.03. The van der Waals surface area contributed by atoms with Crippen molar-refractivity contribution in [2.75, 3.05) is 0 Å². The Labute approximate surface area is 234 Å². The van der Waals surface area contributed by atoms with E-state index in [0.29, 0.717) is 5.56 Å². The van der Waals surface area contributed by atoms with E-state index in [1.54, 1.807) is 44.2 Å². The van der Waals surface area contributed by atoms with Gasteiger partial charge < -0.3 is 14.6 Å². The van der Waals surface area contributed by atoms with Gasteiger partial charge in [0.15, 0.2) is 6.23 Å². The van der Waals surface area contributed by atoms with Gasteiger partial charge in [-0.3, -0.25) is 14.3 Å². The molecular formula is C22H20F10N2O8S. The van der Waals surface area contributed by atoms with E-state index >= 15 is 0 Å². The molecule has 0 bridgehead atoms. The first-order chi connectivity index (χ1) is 19.4. The quantitative estimate of drug-likeness (QED) is 0.261. The van der Waals surface area contributed by atoms with E-state index in [4.69, 9.17) is 9.47 Å². The third-order valence-corrected chi connectivity index (χ3v) is 6.83. The van der Waals surface area contributed by atoms with E-state index in [-0.39, 0.29) is 0 Å². The van der Waals surface area contributed by atoms with Crippen molar-refractivity contribution in [3.8, 4) is 0 Å². The number of aliphatic hydroxyl groups excluding tert-OH is 1. The van der Waals surface area contributed by atoms with Gasteiger partial charge in [-0.05, 0) is 19.1 Å². The number of aromatic amines is 1. The lowest BCUT2D eigenvalue weighted by atomic mass is 9.97. The lowest BCUT2D eigenvalue weighted by Crippen LogP contribution is -2.62. The molecule has 1 aliphatic rings. The minimum absolute atomic E-state index is 0.391. The molecule has 1 saturated heterocycles. The maximum Gasteiger partial charge on any atom is 0.460 e. The van der Waals surface area contributed by atoms with Gasteiger partial charge >= 0.3 is 45.2 Å². The number of carbonyl (C=O) groups excluding carboxylic acids is 1. The number of H-pyrrole nitrogens is 1. The van der Waals surface area contributed by atoms with Crippen LogP contribution in [0.25, 0.3) is 0 Å². The van der Waals surface area contributed by atoms with Crippen LogP contribution in [0.4, 0.5) is 43.4 Å². The number of nitrogens with zero attached hydrogens (tertiary/aromatic N) is 1. The summed E-state index contributed by atoms with van der Waals surface area (Å²) in [5, 5.41) is 3.23. The van der Waals surface area contributed by atoms with Gasteiger partial charge in [-0.25, -0.2) is 9.59 Å². The van der Waals surface area contributed by atoms with Crippen molar-refractivity contribution in [2.24, 2.45) is 5.92 Å². The van der Waals surface area contributed by atoms with Crippen LogP contribution in [0.15, 0.2) is 52.2 Å². The summed E-state index contributed by atoms with van der Waals surface area (Å²) in [5.41, 5.74) is -0.796. The number of nitrogens with one attached hydrogen (secondary N) is 1. The molecule has 0 saturated carbocycles. The largest absolute Gasteiger partial charge is 0.460 e. The standard InChI is InChI=1S/C18H20N2O6.C4F10O2S/c1-10-14(22)16(20-9-8-13(21)19-18(20)24)26-15(10)11(2)25-17(23)12-6-4-3-5-7-12;5-1(6,3(9,10)11)2(7,8)4(12,13)17(14,15)16/h3-11,14-16,22H,1-2H3,(H,19,21,24);/t10-,11+,14-,15?,16+;/m0./s1. The first-order valence-electron chi connectivity index (χ1n) is 11.4. The van der Waals surface area contributed by atoms with Crippen LogP contribution in [-0.4, -0.2) is 70.6 Å². The van der Waals surface area contributed by atoms with Crippen molar-refractivity contribution in [3.63, 3.8) is 0 Å². The van der Waals surface area contributed by atoms with Crippen molar-refractivity contribution in [1.82, 2.24) is 9.55 Å². The summed E-state index contributed by atoms with van der Waals surface area (Å²) in [5.74, 6) is -15.8. The highest BCUT2D eigenvalue weighted by atomic mass is 32.3. The summed E-state index contributed by atoms with van der Waals surface area (Å²) in [4.78, 5) is 37.5. The van der Waals surface area contributed by atoms with Gasteiger partial charge in [-0.1, -0.05) is 29.0 Å². The smallest absolute Gasteiger partial charge is 0.456 e. The summed E-state index contributed by atoms with van der Waals surface area (Å²) in [6.07, 6.45) is -9.15. The van der Waals surface area contributed by atoms with E-state index in [0.717, 1.165) is 4.57 Å². The zero-order valence-electron chi connectivity index (χ0n) is 21.4. The second-order valence-corrected chi connectivity index (χ2v) is 10.3. The number of carbonyl (C=O) groups is 1. The van der Waals surface area contributed by atoms with Gasteiger partial charge in [0.1, 0.15) is 18.3 Å². The predicted molar refractivity (Wildman–Crippen MR) is 123 cm³/mol. The molecule has 2 N–H and O–H groups in total. The van der Waals surface area contributed by atoms with E-state index in [2.05, 4.69) is 4.98 Å². The zero-order valence-corrected chi connectivity index (χ0v) is 22.2. The van der Waals surface area contributed by atoms with Crippen molar-refractivity contribution in [3.05, 3.63) is 69.0 Å². The molecule has 1 aromatic heterocycles. The number of esters is 1. The number of aromatic nitrogens is 2. The van der Waals surface area contributed by atoms with E-state index in [1.165, 1.54) is 12.3 Å². The summed E-state index contributed by atoms with van der Waals surface area (Å²) < 4.78 is 149. The molecule has 3 rings (SSSR count). The first-order valence-corrected chi connectivity index (χ1v) is 12.8. The SMILES string of the molecule is C[C@@H]1C([C@@H](C)OC(=O)c2ccccc2)O[C@@H](n2ccc(=O)[nH]c2=O)[C@H]1O.O=S(=O)(F)C(F)(F)C(F)(F)C(F)(F)C(F)(F)F. The van der Waals surface area contributed by atoms with Gasteiger partial charge in [-0.15, -0.1) is 0 Å². The third-order valence-electron chi connectivity index (χ3n) is 5.96. The van der Waals surface area contributed by atoms with Crippen LogP contribution in [0.1, 0.15) is 30.4 Å². The Morgan fingerprint density at radius 2 is 1.53 bits per heavy atom. The monoisotopic (exact) mass is 662 g/mol. The van der Waals surface area contributed by atoms with Gasteiger partial charge in [-0.2, -0.15) is 47.9 Å². The Morgan fingerprint density at radius 1 is 1.00 bits per heavy atom. The topological polar surface area (TPSA) is 145 Å². The zero-order chi connectivity index (χ0) is 33.3. The Bertz CT molecular complexity index is 1510. The van der Waals surface area contributed by atoms with Gasteiger partial charge in [0.25, 0.3) is 5.56 Å². The summed E-state index contributed by atoms with van der Waals surface area (Å²) in [6.45, 7) is 3.42. The predicted octanol–water partition coefficient (Wildman–Crippen LogP) is 3.39. The van der Waals surface area contributed by atoms with Gasteiger partial charge in [0, 0.05) is 18.2 Å². The average Bonchev–Trinajstić information content (AvgIpc) is 3.17. The molecule has 242 valence electrons. The van der Waals surface area contributed by atoms with Gasteiger partial charge in [0.2, 0.25) is 0 Å². The highest BCUT2D eigenvalue weighted by Crippen LogP contribution is 2.54. The van der Waals surface area contributed by atoms with Crippen LogP contribution in [0.3, 0.4) is 0 Å². The molecule has 1 unspecified atom stereocenters. The van der Waals surface area contributed by atoms with E-state index in [9.17, 15) is 71.3 Å². The highest BCUT2D eigenvalue weighted by molar-refractivity contribution is 7.87. The molecule has 2 aromatic rings. The number of hydrogen-bond acceptors (Lipinski definition) is 8. The lowest BCUT2D eigenvalue weighted by Gasteiger charge is -2.31. The molecule has 1 aliphatic heterocycles. The highest BCUT2D eigenvalue weighted by Gasteiger charge is 2.85. The molecule has 10 nitrogen and oxygen atoms in total. The van der Waals surface area contributed by atoms with Crippen molar-refractivity contribution in [1.29, 1.82) is 0 Å². The fourth-order valence-electron chi connectivity index (χ4n) is 3.61. The summed E-state index contributed by atoms with van der Waals surface area (Å²) in [7, 11) is -7.67. The molecule has 0 spiro atoms. The number of alkyl halides is 9. The van der Waals surface area contributed by atoms with Gasteiger partial charge in [0.05, 0.1) is 5.56 Å². The number of ether oxygens (including phenoxy) is 2. The second-order valence-electron chi connectivity index (χ2n) is 8.94. The van der Waals surface area contributed by atoms with E-state index in [1.807, 2.05) is 0 Å². The van der Waals surface area contributed by atoms with Crippen molar-refractivity contribution in [2.45, 2.75) is 61.7 Å². The molecule has 1 aromatic carbocycles. The fraction of sp³-hybridized carbons (Fsp3) is 0.500. The van der Waals surface area contributed by atoms with Crippen molar-refractivity contribution >= 4 is 16.2 Å². The maximum atomic E-state index is 12.2. The van der Waals surface area contributed by atoms with Crippen molar-refractivity contribution < 1.29 is 71.2 Å². The number of halogens is 10. The molecule has 0 aliphatic carbocycles. The van der Waals surface area contributed by atoms with Crippen LogP contribution in [0.5, 0.6) is 0 Å². The minimum Gasteiger partial charge on any atom is -0.456 e. The second kappa shape index (κ2) is 12.3. The minimum atomic E-state index is -7.67. The molecular weight excluding hydrogens is 642 g/mol. The van der Waals surface area contributed by atoms with Crippen LogP contribution in [0, 0.1) is 5.92 Å². The van der Waals surface area contributed by atoms with Crippen LogP contribution >= 0.6 is 0 Å². The maximum absolute atomic E-state index is 12.2. The number of hydrogen-bond donors (Lipinski definition) is 2. The van der Waals surface area contributed by atoms with Crippen LogP contribution in [-0.2, 0) is 19.7 Å². The van der Waals surface area contributed by atoms with E-state index < -0.39 is 81.2 Å².